The van der Waals surface area contributed by atoms with E-state index in [2.05, 4.69) is 16.4 Å². The SMILES string of the molecule is CCC(O)C(OCCO)O[C@H]1C(NC(CO)CO)CC(N)[C@@H](O[C@@H]2CCC=C(CNCC(O)CO)O2)C1O.CN. The van der Waals surface area contributed by atoms with Crippen LogP contribution in [0, 0.1) is 0 Å². The molecule has 1 saturated carbocycles. The van der Waals surface area contributed by atoms with Gasteiger partial charge in [-0.05, 0) is 32.4 Å². The number of rotatable bonds is 18. The zero-order valence-corrected chi connectivity index (χ0v) is 23.5. The molecule has 15 heteroatoms. The largest absolute Gasteiger partial charge is 0.468 e. The van der Waals surface area contributed by atoms with Crippen LogP contribution in [0.2, 0.25) is 0 Å². The monoisotopic (exact) mass is 584 g/mol. The van der Waals surface area contributed by atoms with Crippen LogP contribution in [0.3, 0.4) is 0 Å². The van der Waals surface area contributed by atoms with E-state index in [1.165, 1.54) is 7.05 Å². The van der Waals surface area contributed by atoms with Crippen molar-refractivity contribution < 1.29 is 54.7 Å². The van der Waals surface area contributed by atoms with Crippen molar-refractivity contribution in [1.29, 1.82) is 0 Å². The van der Waals surface area contributed by atoms with Gasteiger partial charge in [-0.3, -0.25) is 0 Å². The molecule has 15 nitrogen and oxygen atoms in total. The molecule has 2 aliphatic rings. The van der Waals surface area contributed by atoms with Gasteiger partial charge in [0.05, 0.1) is 51.7 Å². The number of aliphatic hydroxyl groups excluding tert-OH is 7. The number of allylic oxidation sites excluding steroid dienone is 1. The molecule has 0 aromatic rings. The van der Waals surface area contributed by atoms with Crippen molar-refractivity contribution in [3.63, 3.8) is 0 Å². The normalized spacial score (nSPS) is 29.1. The van der Waals surface area contributed by atoms with E-state index in [0.717, 1.165) is 0 Å². The Labute approximate surface area is 236 Å². The summed E-state index contributed by atoms with van der Waals surface area (Å²) in [5.74, 6) is 0.592. The van der Waals surface area contributed by atoms with Gasteiger partial charge in [-0.1, -0.05) is 6.92 Å². The van der Waals surface area contributed by atoms with E-state index >= 15 is 0 Å². The summed E-state index contributed by atoms with van der Waals surface area (Å²) >= 11 is 0. The molecule has 0 aromatic carbocycles. The number of ether oxygens (including phenoxy) is 4. The van der Waals surface area contributed by atoms with Crippen molar-refractivity contribution in [3.8, 4) is 0 Å². The number of nitrogens with two attached hydrogens (primary N) is 2. The molecular formula is C25H52N4O11. The highest BCUT2D eigenvalue weighted by molar-refractivity contribution is 5.03. The van der Waals surface area contributed by atoms with Crippen molar-refractivity contribution in [2.45, 2.75) is 93.8 Å². The van der Waals surface area contributed by atoms with E-state index in [1.54, 1.807) is 6.92 Å². The van der Waals surface area contributed by atoms with Crippen molar-refractivity contribution in [3.05, 3.63) is 11.8 Å². The Hall–Kier alpha value is -1.02. The second kappa shape index (κ2) is 20.8. The molecule has 13 N–H and O–H groups in total. The van der Waals surface area contributed by atoms with Crippen LogP contribution in [-0.2, 0) is 18.9 Å². The molecule has 0 spiro atoms. The summed E-state index contributed by atoms with van der Waals surface area (Å²) in [6, 6.07) is -1.98. The Morgan fingerprint density at radius 2 is 1.80 bits per heavy atom. The molecule has 1 fully saturated rings. The molecule has 9 atom stereocenters. The summed E-state index contributed by atoms with van der Waals surface area (Å²) in [7, 11) is 1.50. The molecule has 0 aromatic heterocycles. The van der Waals surface area contributed by atoms with Crippen LogP contribution < -0.4 is 22.1 Å². The van der Waals surface area contributed by atoms with Crippen LogP contribution in [0.4, 0.5) is 0 Å². The molecule has 0 amide bonds. The fourth-order valence-electron chi connectivity index (χ4n) is 4.45. The first kappa shape index (κ1) is 37.0. The van der Waals surface area contributed by atoms with Gasteiger partial charge in [-0.15, -0.1) is 0 Å². The van der Waals surface area contributed by atoms with E-state index < -0.39 is 61.2 Å². The smallest absolute Gasteiger partial charge is 0.200 e. The first-order chi connectivity index (χ1) is 19.3. The van der Waals surface area contributed by atoms with Crippen molar-refractivity contribution in [1.82, 2.24) is 10.6 Å². The topological polar surface area (TPSA) is 255 Å². The van der Waals surface area contributed by atoms with Crippen LogP contribution in [-0.4, -0.2) is 150 Å². The number of hydrogen-bond donors (Lipinski definition) is 11. The third kappa shape index (κ3) is 12.1. The summed E-state index contributed by atoms with van der Waals surface area (Å²) in [6.07, 6.45) is -3.41. The quantitative estimate of drug-likeness (QED) is 0.0683. The Morgan fingerprint density at radius 3 is 2.40 bits per heavy atom. The maximum atomic E-state index is 11.4. The van der Waals surface area contributed by atoms with Gasteiger partial charge in [-0.2, -0.15) is 0 Å². The van der Waals surface area contributed by atoms with Gasteiger partial charge in [0.2, 0.25) is 0 Å². The Kier molecular flexibility index (Phi) is 19.2. The summed E-state index contributed by atoms with van der Waals surface area (Å²) < 4.78 is 23.5. The van der Waals surface area contributed by atoms with Crippen LogP contribution >= 0.6 is 0 Å². The summed E-state index contributed by atoms with van der Waals surface area (Å²) in [4.78, 5) is 0. The van der Waals surface area contributed by atoms with Gasteiger partial charge in [0.25, 0.3) is 0 Å². The van der Waals surface area contributed by atoms with Crippen molar-refractivity contribution in [2.24, 2.45) is 11.5 Å². The van der Waals surface area contributed by atoms with E-state index in [9.17, 15) is 30.6 Å². The average Bonchev–Trinajstić information content (AvgIpc) is 2.98. The standard InChI is InChI=1S/C24H47N3O11.CH5N/c1-2-19(33)24(35-7-6-28)38-23-18(27-14(11-29)12-30)8-17(25)22(21(23)34)37-20-5-3-4-16(36-20)10-26-9-15(32)13-31;1-2/h4,14-15,17-24,26-34H,2-3,5-13,25H2,1H3;2H2,1H3/t15?,17?,18?,19?,20-,21?,22-,23+,24?;/m1./s1. The van der Waals surface area contributed by atoms with E-state index in [-0.39, 0.29) is 46.0 Å². The van der Waals surface area contributed by atoms with Gasteiger partial charge in [0.1, 0.15) is 30.2 Å². The van der Waals surface area contributed by atoms with Gasteiger partial charge in [0.15, 0.2) is 12.6 Å². The maximum absolute atomic E-state index is 11.4. The lowest BCUT2D eigenvalue weighted by Gasteiger charge is -2.46. The minimum atomic E-state index is -1.30. The molecular weight excluding hydrogens is 532 g/mol. The highest BCUT2D eigenvalue weighted by Crippen LogP contribution is 2.30. The Morgan fingerprint density at radius 1 is 1.10 bits per heavy atom. The van der Waals surface area contributed by atoms with Gasteiger partial charge >= 0.3 is 0 Å². The second-order valence-corrected chi connectivity index (χ2v) is 9.63. The first-order valence-electron chi connectivity index (χ1n) is 13.8. The molecule has 1 aliphatic carbocycles. The van der Waals surface area contributed by atoms with Crippen LogP contribution in [0.15, 0.2) is 11.8 Å². The number of nitrogens with one attached hydrogen (secondary N) is 2. The molecule has 0 bridgehead atoms. The van der Waals surface area contributed by atoms with Crippen molar-refractivity contribution >= 4 is 0 Å². The van der Waals surface area contributed by atoms with E-state index in [1.807, 2.05) is 6.08 Å². The first-order valence-corrected chi connectivity index (χ1v) is 13.8. The third-order valence-electron chi connectivity index (χ3n) is 6.56. The number of aliphatic hydroxyl groups is 7. The van der Waals surface area contributed by atoms with Crippen LogP contribution in [0.1, 0.15) is 32.6 Å². The van der Waals surface area contributed by atoms with E-state index in [0.29, 0.717) is 31.6 Å². The Balaban J connectivity index is 0.00000391. The highest BCUT2D eigenvalue weighted by atomic mass is 16.7. The lowest BCUT2D eigenvalue weighted by atomic mass is 9.83. The highest BCUT2D eigenvalue weighted by Gasteiger charge is 2.47. The van der Waals surface area contributed by atoms with E-state index in [4.69, 9.17) is 29.8 Å². The maximum Gasteiger partial charge on any atom is 0.200 e. The zero-order valence-electron chi connectivity index (χ0n) is 23.5. The summed E-state index contributed by atoms with van der Waals surface area (Å²) in [6.45, 7) is 0.783. The molecule has 0 radical (unpaired) electrons. The molecule has 40 heavy (non-hydrogen) atoms. The second-order valence-electron chi connectivity index (χ2n) is 9.63. The number of hydrogen-bond acceptors (Lipinski definition) is 15. The van der Waals surface area contributed by atoms with Gasteiger partial charge in [-0.25, -0.2) is 0 Å². The summed E-state index contributed by atoms with van der Waals surface area (Å²) in [5, 5.41) is 74.6. The lowest BCUT2D eigenvalue weighted by Crippen LogP contribution is -2.66. The molecule has 1 heterocycles. The minimum absolute atomic E-state index is 0.0909. The fraction of sp³-hybridized carbons (Fsp3) is 0.920. The fourth-order valence-corrected chi connectivity index (χ4v) is 4.45. The van der Waals surface area contributed by atoms with Crippen LogP contribution in [0.25, 0.3) is 0 Å². The predicted octanol–water partition coefficient (Wildman–Crippen LogP) is -4.20. The Bertz CT molecular complexity index is 677. The molecule has 0 saturated heterocycles. The summed E-state index contributed by atoms with van der Waals surface area (Å²) in [5.41, 5.74) is 10.9. The average molecular weight is 585 g/mol. The van der Waals surface area contributed by atoms with Crippen LogP contribution in [0.5, 0.6) is 0 Å². The minimum Gasteiger partial charge on any atom is -0.468 e. The molecule has 6 unspecified atom stereocenters. The lowest BCUT2D eigenvalue weighted by molar-refractivity contribution is -0.270. The molecule has 238 valence electrons. The van der Waals surface area contributed by atoms with Gasteiger partial charge in [0, 0.05) is 25.0 Å². The van der Waals surface area contributed by atoms with Gasteiger partial charge < -0.3 is 76.8 Å². The van der Waals surface area contributed by atoms with Crippen molar-refractivity contribution in [2.75, 3.05) is 53.2 Å². The third-order valence-corrected chi connectivity index (χ3v) is 6.56. The molecule has 2 rings (SSSR count). The molecule has 1 aliphatic heterocycles. The zero-order chi connectivity index (χ0) is 30.1. The predicted molar refractivity (Wildman–Crippen MR) is 145 cm³/mol.